The third-order valence-corrected chi connectivity index (χ3v) is 5.71. The molecule has 3 atom stereocenters. The molecule has 0 amide bonds. The second-order valence-corrected chi connectivity index (χ2v) is 7.00. The molecular formula is C23H21NO. The van der Waals surface area contributed by atoms with Crippen molar-refractivity contribution >= 4 is 16.5 Å². The lowest BCUT2D eigenvalue weighted by atomic mass is 9.76. The Balaban J connectivity index is 1.68. The molecule has 0 saturated carbocycles. The van der Waals surface area contributed by atoms with E-state index in [9.17, 15) is 0 Å². The van der Waals surface area contributed by atoms with Gasteiger partial charge in [0, 0.05) is 17.0 Å². The van der Waals surface area contributed by atoms with Crippen LogP contribution in [-0.2, 0) is 0 Å². The normalized spacial score (nSPS) is 23.8. The molecule has 0 unspecified atom stereocenters. The number of benzene rings is 3. The average molecular weight is 327 g/mol. The topological polar surface area (TPSA) is 21.3 Å². The number of rotatable bonds is 2. The highest BCUT2D eigenvalue weighted by Gasteiger charge is 2.38. The highest BCUT2D eigenvalue weighted by Crippen LogP contribution is 2.51. The highest BCUT2D eigenvalue weighted by atomic mass is 16.5. The molecule has 25 heavy (non-hydrogen) atoms. The molecule has 2 heteroatoms. The van der Waals surface area contributed by atoms with Gasteiger partial charge in [0.15, 0.2) is 0 Å². The van der Waals surface area contributed by atoms with Crippen LogP contribution in [0.1, 0.15) is 29.5 Å². The van der Waals surface area contributed by atoms with Gasteiger partial charge >= 0.3 is 0 Å². The quantitative estimate of drug-likeness (QED) is 0.612. The van der Waals surface area contributed by atoms with Gasteiger partial charge in [-0.2, -0.15) is 0 Å². The summed E-state index contributed by atoms with van der Waals surface area (Å²) in [4.78, 5) is 0. The lowest BCUT2D eigenvalue weighted by Gasteiger charge is -2.38. The molecule has 5 rings (SSSR count). The van der Waals surface area contributed by atoms with Crippen molar-refractivity contribution in [1.82, 2.24) is 0 Å². The third-order valence-electron chi connectivity index (χ3n) is 5.71. The number of ether oxygens (including phenoxy) is 1. The Morgan fingerprint density at radius 1 is 1.00 bits per heavy atom. The van der Waals surface area contributed by atoms with Crippen molar-refractivity contribution in [3.63, 3.8) is 0 Å². The van der Waals surface area contributed by atoms with Crippen LogP contribution in [0.5, 0.6) is 5.75 Å². The number of fused-ring (bicyclic) bond motifs is 5. The third kappa shape index (κ3) is 2.25. The van der Waals surface area contributed by atoms with E-state index in [2.05, 4.69) is 72.1 Å². The van der Waals surface area contributed by atoms with Gasteiger partial charge in [-0.25, -0.2) is 0 Å². The van der Waals surface area contributed by atoms with Crippen LogP contribution in [0.3, 0.4) is 0 Å². The maximum atomic E-state index is 5.45. The summed E-state index contributed by atoms with van der Waals surface area (Å²) in [5, 5.41) is 6.49. The first-order valence-electron chi connectivity index (χ1n) is 8.94. The van der Waals surface area contributed by atoms with E-state index in [0.717, 1.165) is 12.2 Å². The Hall–Kier alpha value is -2.74. The Kier molecular flexibility index (Phi) is 3.30. The molecule has 3 aromatic carbocycles. The number of hydrogen-bond acceptors (Lipinski definition) is 2. The Bertz CT molecular complexity index is 975. The van der Waals surface area contributed by atoms with Crippen LogP contribution in [-0.4, -0.2) is 7.11 Å². The first-order valence-corrected chi connectivity index (χ1v) is 8.94. The van der Waals surface area contributed by atoms with Crippen molar-refractivity contribution in [2.24, 2.45) is 5.92 Å². The number of anilines is 1. The van der Waals surface area contributed by atoms with Gasteiger partial charge in [-0.3, -0.25) is 0 Å². The van der Waals surface area contributed by atoms with E-state index in [1.54, 1.807) is 7.11 Å². The average Bonchev–Trinajstić information content (AvgIpc) is 3.17. The predicted molar refractivity (Wildman–Crippen MR) is 103 cm³/mol. The molecule has 0 spiro atoms. The molecule has 1 N–H and O–H groups in total. The zero-order chi connectivity index (χ0) is 16.8. The van der Waals surface area contributed by atoms with E-state index in [1.807, 2.05) is 6.07 Å². The van der Waals surface area contributed by atoms with Crippen molar-refractivity contribution in [2.75, 3.05) is 12.4 Å². The molecule has 1 aliphatic carbocycles. The monoisotopic (exact) mass is 327 g/mol. The van der Waals surface area contributed by atoms with Crippen LogP contribution in [0.2, 0.25) is 0 Å². The van der Waals surface area contributed by atoms with Crippen molar-refractivity contribution in [3.8, 4) is 5.75 Å². The minimum absolute atomic E-state index is 0.299. The second kappa shape index (κ2) is 5.66. The molecule has 2 nitrogen and oxygen atoms in total. The molecule has 0 aromatic heterocycles. The maximum absolute atomic E-state index is 5.45. The maximum Gasteiger partial charge on any atom is 0.119 e. The fourth-order valence-corrected chi connectivity index (χ4v) is 4.50. The largest absolute Gasteiger partial charge is 0.497 e. The second-order valence-electron chi connectivity index (χ2n) is 7.00. The van der Waals surface area contributed by atoms with E-state index in [-0.39, 0.29) is 0 Å². The number of allylic oxidation sites excluding steroid dienone is 2. The summed E-state index contributed by atoms with van der Waals surface area (Å²) in [7, 11) is 1.73. The molecule has 1 heterocycles. The van der Waals surface area contributed by atoms with Crippen molar-refractivity contribution in [1.29, 1.82) is 0 Å². The lowest BCUT2D eigenvalue weighted by Crippen LogP contribution is -2.29. The van der Waals surface area contributed by atoms with Crippen LogP contribution in [0.4, 0.5) is 5.69 Å². The van der Waals surface area contributed by atoms with Crippen LogP contribution >= 0.6 is 0 Å². The zero-order valence-electron chi connectivity index (χ0n) is 14.3. The van der Waals surface area contributed by atoms with Gasteiger partial charge in [-0.15, -0.1) is 0 Å². The summed E-state index contributed by atoms with van der Waals surface area (Å²) >= 11 is 0. The molecule has 2 aliphatic rings. The lowest BCUT2D eigenvalue weighted by molar-refractivity contribution is 0.406. The van der Waals surface area contributed by atoms with Crippen molar-refractivity contribution in [3.05, 3.63) is 83.9 Å². The minimum Gasteiger partial charge on any atom is -0.497 e. The van der Waals surface area contributed by atoms with E-state index < -0.39 is 0 Å². The van der Waals surface area contributed by atoms with Gasteiger partial charge < -0.3 is 10.1 Å². The number of methoxy groups -OCH3 is 1. The summed E-state index contributed by atoms with van der Waals surface area (Å²) in [6.45, 7) is 0. The summed E-state index contributed by atoms with van der Waals surface area (Å²) < 4.78 is 5.45. The Labute approximate surface area is 148 Å². The van der Waals surface area contributed by atoms with Gasteiger partial charge in [0.05, 0.1) is 13.2 Å². The zero-order valence-corrected chi connectivity index (χ0v) is 14.3. The summed E-state index contributed by atoms with van der Waals surface area (Å²) in [5.41, 5.74) is 4.02. The van der Waals surface area contributed by atoms with Gasteiger partial charge in [0.1, 0.15) is 5.75 Å². The van der Waals surface area contributed by atoms with Gasteiger partial charge in [0.25, 0.3) is 0 Å². The van der Waals surface area contributed by atoms with Gasteiger partial charge in [0.2, 0.25) is 0 Å². The van der Waals surface area contributed by atoms with E-state index >= 15 is 0 Å². The Morgan fingerprint density at radius 2 is 1.92 bits per heavy atom. The fourth-order valence-electron chi connectivity index (χ4n) is 4.50. The number of hydrogen-bond donors (Lipinski definition) is 1. The summed E-state index contributed by atoms with van der Waals surface area (Å²) in [6.07, 6.45) is 5.85. The predicted octanol–water partition coefficient (Wildman–Crippen LogP) is 5.67. The first kappa shape index (κ1) is 14.6. The van der Waals surface area contributed by atoms with E-state index in [4.69, 9.17) is 4.74 Å². The van der Waals surface area contributed by atoms with Crippen LogP contribution in [0.15, 0.2) is 72.8 Å². The molecule has 1 aliphatic heterocycles. The molecule has 0 saturated heterocycles. The Morgan fingerprint density at radius 3 is 2.84 bits per heavy atom. The summed E-state index contributed by atoms with van der Waals surface area (Å²) in [5.74, 6) is 1.96. The van der Waals surface area contributed by atoms with Crippen LogP contribution < -0.4 is 10.1 Å². The molecule has 3 aromatic rings. The first-order chi connectivity index (χ1) is 12.3. The standard InChI is InChI=1S/C23H21NO/c1-25-17-8-4-7-16(14-17)22-20-11-5-10-19(20)21-13-12-15-6-2-3-9-18(15)23(21)24-22/h2-10,12-14,19-20,22,24H,11H2,1H3/t19-,20+,22+/m1/s1. The molecule has 0 radical (unpaired) electrons. The molecule has 0 bridgehead atoms. The highest BCUT2D eigenvalue weighted by molar-refractivity contribution is 5.96. The SMILES string of the molecule is COc1cccc([C@@H]2Nc3c(ccc4ccccc34)[C@@H]3C=CC[C@@H]32)c1. The molecule has 124 valence electrons. The van der Waals surface area contributed by atoms with Gasteiger partial charge in [-0.1, -0.05) is 60.7 Å². The van der Waals surface area contributed by atoms with Crippen LogP contribution in [0.25, 0.3) is 10.8 Å². The van der Waals surface area contributed by atoms with Gasteiger partial charge in [-0.05, 0) is 41.0 Å². The minimum atomic E-state index is 0.299. The summed E-state index contributed by atoms with van der Waals surface area (Å²) in [6, 6.07) is 22.0. The fraction of sp³-hybridized carbons (Fsp3) is 0.217. The number of nitrogens with one attached hydrogen (secondary N) is 1. The van der Waals surface area contributed by atoms with Crippen molar-refractivity contribution in [2.45, 2.75) is 18.4 Å². The molecular weight excluding hydrogens is 306 g/mol. The molecule has 0 fully saturated rings. The van der Waals surface area contributed by atoms with Crippen LogP contribution in [0, 0.1) is 5.92 Å². The van der Waals surface area contributed by atoms with Crippen molar-refractivity contribution < 1.29 is 4.74 Å². The smallest absolute Gasteiger partial charge is 0.119 e. The van der Waals surface area contributed by atoms with E-state index in [1.165, 1.54) is 27.6 Å². The van der Waals surface area contributed by atoms with E-state index in [0.29, 0.717) is 17.9 Å².